The number of alkyl halides is 3. The van der Waals surface area contributed by atoms with Crippen LogP contribution in [0.1, 0.15) is 18.5 Å². The van der Waals surface area contributed by atoms with E-state index in [2.05, 4.69) is 0 Å². The first-order valence-electron chi connectivity index (χ1n) is 6.03. The fraction of sp³-hybridized carbons (Fsp3) is 0.462. The van der Waals surface area contributed by atoms with Crippen LogP contribution >= 0.6 is 0 Å². The molecule has 0 amide bonds. The number of methoxy groups -OCH3 is 1. The molecule has 0 radical (unpaired) electrons. The van der Waals surface area contributed by atoms with Crippen LogP contribution in [0.4, 0.5) is 13.2 Å². The molecule has 0 saturated heterocycles. The number of carboxylic acids is 1. The Kier molecular flexibility index (Phi) is 5.42. The number of carbonyl (C=O) groups is 1. The molecule has 2 N–H and O–H groups in total. The van der Waals surface area contributed by atoms with Crippen molar-refractivity contribution in [2.75, 3.05) is 20.2 Å². The molecule has 0 aliphatic heterocycles. The summed E-state index contributed by atoms with van der Waals surface area (Å²) in [5.41, 5.74) is 0.167. The molecule has 0 aliphatic carbocycles. The van der Waals surface area contributed by atoms with E-state index in [-0.39, 0.29) is 11.3 Å². The predicted octanol–water partition coefficient (Wildman–Crippen LogP) is 2.41. The average Bonchev–Trinajstić information content (AvgIpc) is 2.35. The number of rotatable bonds is 6. The van der Waals surface area contributed by atoms with Crippen LogP contribution in [0.3, 0.4) is 0 Å². The second-order valence-corrected chi connectivity index (χ2v) is 4.51. The summed E-state index contributed by atoms with van der Waals surface area (Å²) >= 11 is 0. The lowest BCUT2D eigenvalue weighted by Crippen LogP contribution is -2.39. The summed E-state index contributed by atoms with van der Waals surface area (Å²) in [4.78, 5) is 11.5. The number of hydrogen-bond acceptors (Lipinski definition) is 4. The number of halogens is 3. The molecule has 0 fully saturated rings. The van der Waals surface area contributed by atoms with Gasteiger partial charge in [0.1, 0.15) is 11.5 Å². The van der Waals surface area contributed by atoms with Gasteiger partial charge in [-0.15, -0.1) is 0 Å². The van der Waals surface area contributed by atoms with Gasteiger partial charge in [0.2, 0.25) is 0 Å². The number of aliphatic carboxylic acids is 1. The van der Waals surface area contributed by atoms with E-state index in [0.717, 1.165) is 4.90 Å². The summed E-state index contributed by atoms with van der Waals surface area (Å²) < 4.78 is 42.6. The van der Waals surface area contributed by atoms with Gasteiger partial charge < -0.3 is 14.9 Å². The van der Waals surface area contributed by atoms with Crippen molar-refractivity contribution in [3.05, 3.63) is 23.8 Å². The van der Waals surface area contributed by atoms with Crippen LogP contribution in [0.15, 0.2) is 18.2 Å². The summed E-state index contributed by atoms with van der Waals surface area (Å²) in [5.74, 6) is -1.24. The summed E-state index contributed by atoms with van der Waals surface area (Å²) in [5, 5.41) is 18.5. The van der Waals surface area contributed by atoms with E-state index in [1.54, 1.807) is 0 Å². The van der Waals surface area contributed by atoms with E-state index in [9.17, 15) is 23.1 Å². The van der Waals surface area contributed by atoms with E-state index in [0.29, 0.717) is 5.75 Å². The van der Waals surface area contributed by atoms with Gasteiger partial charge in [-0.1, -0.05) is 0 Å². The van der Waals surface area contributed by atoms with Crippen molar-refractivity contribution in [2.45, 2.75) is 19.1 Å². The van der Waals surface area contributed by atoms with Crippen LogP contribution in [0.25, 0.3) is 0 Å². The molecule has 0 spiro atoms. The largest absolute Gasteiger partial charge is 0.508 e. The Hall–Kier alpha value is -1.96. The maximum atomic E-state index is 12.6. The van der Waals surface area contributed by atoms with E-state index < -0.39 is 31.3 Å². The van der Waals surface area contributed by atoms with Crippen molar-refractivity contribution < 1.29 is 32.9 Å². The molecule has 1 atom stereocenters. The molecule has 21 heavy (non-hydrogen) atoms. The average molecular weight is 307 g/mol. The molecule has 0 aromatic heterocycles. The minimum Gasteiger partial charge on any atom is -0.508 e. The van der Waals surface area contributed by atoms with Gasteiger partial charge in [0.05, 0.1) is 20.2 Å². The van der Waals surface area contributed by atoms with Crippen molar-refractivity contribution in [3.63, 3.8) is 0 Å². The molecule has 0 heterocycles. The van der Waals surface area contributed by atoms with Gasteiger partial charge in [-0.3, -0.25) is 9.69 Å². The lowest BCUT2D eigenvalue weighted by Gasteiger charge is -2.29. The SMILES string of the molecule is COc1ccc(O)c(C(C)N(CC(=O)O)CC(F)(F)F)c1. The summed E-state index contributed by atoms with van der Waals surface area (Å²) in [6.07, 6.45) is -4.54. The van der Waals surface area contributed by atoms with Gasteiger partial charge in [0.25, 0.3) is 0 Å². The minimum atomic E-state index is -4.54. The molecular weight excluding hydrogens is 291 g/mol. The first-order valence-corrected chi connectivity index (χ1v) is 6.03. The van der Waals surface area contributed by atoms with E-state index in [1.807, 2.05) is 0 Å². The highest BCUT2D eigenvalue weighted by Gasteiger charge is 2.34. The molecule has 5 nitrogen and oxygen atoms in total. The topological polar surface area (TPSA) is 70.0 Å². The lowest BCUT2D eigenvalue weighted by molar-refractivity contribution is -0.158. The molecule has 0 bridgehead atoms. The van der Waals surface area contributed by atoms with Crippen LogP contribution in [0.2, 0.25) is 0 Å². The van der Waals surface area contributed by atoms with Gasteiger partial charge >= 0.3 is 12.1 Å². The van der Waals surface area contributed by atoms with Gasteiger partial charge in [-0.05, 0) is 25.1 Å². The third-order valence-corrected chi connectivity index (χ3v) is 2.95. The van der Waals surface area contributed by atoms with Crippen molar-refractivity contribution in [1.82, 2.24) is 4.90 Å². The highest BCUT2D eigenvalue weighted by molar-refractivity contribution is 5.69. The summed E-state index contributed by atoms with van der Waals surface area (Å²) in [6, 6.07) is 3.18. The van der Waals surface area contributed by atoms with Crippen LogP contribution in [0, 0.1) is 0 Å². The number of phenolic OH excluding ortho intramolecular Hbond substituents is 1. The maximum Gasteiger partial charge on any atom is 0.401 e. The van der Waals surface area contributed by atoms with Crippen LogP contribution in [-0.4, -0.2) is 47.5 Å². The monoisotopic (exact) mass is 307 g/mol. The Morgan fingerprint density at radius 3 is 2.52 bits per heavy atom. The van der Waals surface area contributed by atoms with Crippen LogP contribution in [-0.2, 0) is 4.79 Å². The van der Waals surface area contributed by atoms with Crippen LogP contribution < -0.4 is 4.74 Å². The number of nitrogens with zero attached hydrogens (tertiary/aromatic N) is 1. The number of benzene rings is 1. The third kappa shape index (κ3) is 5.14. The van der Waals surface area contributed by atoms with Crippen molar-refractivity contribution in [3.8, 4) is 11.5 Å². The number of hydrogen-bond donors (Lipinski definition) is 2. The number of phenols is 1. The van der Waals surface area contributed by atoms with E-state index in [1.165, 1.54) is 32.2 Å². The van der Waals surface area contributed by atoms with Crippen molar-refractivity contribution >= 4 is 5.97 Å². The molecule has 1 unspecified atom stereocenters. The lowest BCUT2D eigenvalue weighted by atomic mass is 10.0. The highest BCUT2D eigenvalue weighted by atomic mass is 19.4. The molecule has 0 aliphatic rings. The zero-order valence-electron chi connectivity index (χ0n) is 11.5. The molecule has 0 saturated carbocycles. The first kappa shape index (κ1) is 17.1. The van der Waals surface area contributed by atoms with Crippen molar-refractivity contribution in [1.29, 1.82) is 0 Å². The fourth-order valence-corrected chi connectivity index (χ4v) is 1.92. The van der Waals surface area contributed by atoms with Gasteiger partial charge in [-0.2, -0.15) is 13.2 Å². The Morgan fingerprint density at radius 2 is 2.05 bits per heavy atom. The summed E-state index contributed by atoms with van der Waals surface area (Å²) in [7, 11) is 1.38. The number of carboxylic acid groups (broad SMARTS) is 1. The zero-order valence-corrected chi connectivity index (χ0v) is 11.5. The molecular formula is C13H16F3NO4. The second-order valence-electron chi connectivity index (χ2n) is 4.51. The second kappa shape index (κ2) is 6.66. The van der Waals surface area contributed by atoms with Gasteiger partial charge in [0, 0.05) is 11.6 Å². The standard InChI is InChI=1S/C13H16F3NO4/c1-8(10-5-9(21-2)3-4-11(10)18)17(6-12(19)20)7-13(14,15)16/h3-5,8,18H,6-7H2,1-2H3,(H,19,20). The Balaban J connectivity index is 3.09. The Labute approximate surface area is 119 Å². The normalized spacial score (nSPS) is 13.2. The molecule has 1 rings (SSSR count). The minimum absolute atomic E-state index is 0.167. The summed E-state index contributed by atoms with van der Waals surface area (Å²) in [6.45, 7) is -0.794. The highest BCUT2D eigenvalue weighted by Crippen LogP contribution is 2.33. The molecule has 118 valence electrons. The third-order valence-electron chi connectivity index (χ3n) is 2.95. The zero-order chi connectivity index (χ0) is 16.2. The number of ether oxygens (including phenoxy) is 1. The van der Waals surface area contributed by atoms with Gasteiger partial charge in [0.15, 0.2) is 0 Å². The fourth-order valence-electron chi connectivity index (χ4n) is 1.92. The quantitative estimate of drug-likeness (QED) is 0.844. The number of aromatic hydroxyl groups is 1. The Morgan fingerprint density at radius 1 is 1.43 bits per heavy atom. The molecule has 1 aromatic carbocycles. The van der Waals surface area contributed by atoms with Gasteiger partial charge in [-0.25, -0.2) is 0 Å². The first-order chi connectivity index (χ1) is 9.64. The van der Waals surface area contributed by atoms with E-state index in [4.69, 9.17) is 9.84 Å². The van der Waals surface area contributed by atoms with E-state index >= 15 is 0 Å². The maximum absolute atomic E-state index is 12.6. The molecule has 8 heteroatoms. The Bertz CT molecular complexity index is 505. The van der Waals surface area contributed by atoms with Crippen LogP contribution in [0.5, 0.6) is 11.5 Å². The predicted molar refractivity (Wildman–Crippen MR) is 68.3 cm³/mol. The van der Waals surface area contributed by atoms with Crippen molar-refractivity contribution in [2.24, 2.45) is 0 Å². The molecule has 1 aromatic rings. The smallest absolute Gasteiger partial charge is 0.401 e.